The third kappa shape index (κ3) is 17.8. The molecule has 418 valence electrons. The molecular formula is C49H75N15O11S. The van der Waals surface area contributed by atoms with Crippen LogP contribution in [-0.4, -0.2) is 192 Å². The van der Waals surface area contributed by atoms with Crippen LogP contribution in [0.15, 0.2) is 51.7 Å². The van der Waals surface area contributed by atoms with Gasteiger partial charge in [-0.3, -0.25) is 48.3 Å². The molecule has 27 heteroatoms. The van der Waals surface area contributed by atoms with Crippen molar-refractivity contribution < 1.29 is 54.7 Å². The Kier molecular flexibility index (Phi) is 22.8. The van der Waals surface area contributed by atoms with Gasteiger partial charge in [-0.25, -0.2) is 0 Å². The van der Waals surface area contributed by atoms with Crippen LogP contribution in [0, 0.1) is 0 Å². The Morgan fingerprint density at radius 3 is 1.96 bits per heavy atom. The average Bonchev–Trinajstić information content (AvgIpc) is 4.27. The number of amides is 7. The quantitative estimate of drug-likeness (QED) is 0.0214. The van der Waals surface area contributed by atoms with Crippen LogP contribution in [-0.2, 0) is 51.2 Å². The van der Waals surface area contributed by atoms with Gasteiger partial charge in [0.05, 0.1) is 27.7 Å². The Morgan fingerprint density at radius 2 is 1.37 bits per heavy atom. The van der Waals surface area contributed by atoms with Gasteiger partial charge in [-0.05, 0) is 99.7 Å². The molecule has 26 nitrogen and oxygen atoms in total. The Hall–Kier alpha value is -7.10. The fourth-order valence-electron chi connectivity index (χ4n) is 9.54. The summed E-state index contributed by atoms with van der Waals surface area (Å²) in [7, 11) is 1.53. The number of methoxy groups -OCH3 is 1. The Morgan fingerprint density at radius 1 is 0.763 bits per heavy atom. The van der Waals surface area contributed by atoms with Crippen molar-refractivity contribution in [3.8, 4) is 5.75 Å². The molecule has 0 spiro atoms. The number of likely N-dealkylation sites (tertiary alicyclic amines) is 3. The van der Waals surface area contributed by atoms with Crippen molar-refractivity contribution in [1.29, 1.82) is 0 Å². The minimum Gasteiger partial charge on any atom is -0.497 e. The number of nitrogens with two attached hydrogens (primary N) is 5. The minimum absolute atomic E-state index is 0.0264. The number of guanidine groups is 2. The summed E-state index contributed by atoms with van der Waals surface area (Å²) in [5, 5.41) is 34.4. The summed E-state index contributed by atoms with van der Waals surface area (Å²) in [6, 6.07) is 1.99. The highest BCUT2D eigenvalue weighted by Gasteiger charge is 2.43. The lowest BCUT2D eigenvalue weighted by atomic mass is 10.0. The number of hydrogen-bond acceptors (Lipinski definition) is 15. The van der Waals surface area contributed by atoms with Crippen LogP contribution in [0.4, 0.5) is 0 Å². The SMILES string of the molecule is [3H]c1ccc(C[C@H](NC(=O)CNC(=O)[C@@H]2CCCN2C(=O)[C@@H]2CCCN2C(=O)[C@@H](N)CCCN=C(N)N)C(=O)N[C@@H](CO)C(=O)N2CCC[C@H]2C(=O)N[C@H](CN[C@@H](CCCN=C(N)N)C(=O)O)Cc2ccc(OC)cc2)s1. The van der Waals surface area contributed by atoms with Crippen LogP contribution < -0.4 is 60.0 Å². The van der Waals surface area contributed by atoms with E-state index < -0.39 is 103 Å². The molecule has 0 unspecified atom stereocenters. The number of aliphatic imine (C=N–C) groups is 2. The van der Waals surface area contributed by atoms with Gasteiger partial charge in [0.25, 0.3) is 0 Å². The highest BCUT2D eigenvalue weighted by atomic mass is 32.1. The van der Waals surface area contributed by atoms with E-state index in [1.165, 1.54) is 27.9 Å². The van der Waals surface area contributed by atoms with Gasteiger partial charge < -0.3 is 84.9 Å². The van der Waals surface area contributed by atoms with E-state index in [1.54, 1.807) is 18.2 Å². The fourth-order valence-corrected chi connectivity index (χ4v) is 10.2. The van der Waals surface area contributed by atoms with Gasteiger partial charge in [-0.1, -0.05) is 18.2 Å². The molecule has 3 aliphatic heterocycles. The van der Waals surface area contributed by atoms with Gasteiger partial charge in [-0.2, -0.15) is 0 Å². The number of carboxylic acid groups (broad SMARTS) is 1. The fraction of sp³-hybridized carbons (Fsp3) is 0.592. The zero-order valence-electron chi connectivity index (χ0n) is 43.8. The molecule has 0 bridgehead atoms. The van der Waals surface area contributed by atoms with E-state index in [1.807, 2.05) is 12.1 Å². The van der Waals surface area contributed by atoms with Crippen LogP contribution in [0.1, 0.15) is 76.0 Å². The van der Waals surface area contributed by atoms with E-state index in [0.29, 0.717) is 75.1 Å². The van der Waals surface area contributed by atoms with E-state index >= 15 is 0 Å². The number of carboxylic acids is 1. The number of carbonyl (C=O) groups is 8. The summed E-state index contributed by atoms with van der Waals surface area (Å²) in [4.78, 5) is 121. The third-order valence-corrected chi connectivity index (χ3v) is 14.2. The molecule has 0 radical (unpaired) electrons. The van der Waals surface area contributed by atoms with Gasteiger partial charge >= 0.3 is 5.97 Å². The molecule has 5 rings (SSSR count). The number of thiophene rings is 1. The van der Waals surface area contributed by atoms with Crippen LogP contribution in [0.2, 0.25) is 0 Å². The summed E-state index contributed by atoms with van der Waals surface area (Å²) in [5.41, 5.74) is 28.6. The molecule has 0 saturated carbocycles. The topological polar surface area (TPSA) is 411 Å². The van der Waals surface area contributed by atoms with E-state index in [-0.39, 0.29) is 75.0 Å². The first kappa shape index (κ1) is 58.2. The summed E-state index contributed by atoms with van der Waals surface area (Å²) < 4.78 is 13.3. The van der Waals surface area contributed by atoms with Crippen LogP contribution in [0.25, 0.3) is 0 Å². The maximum Gasteiger partial charge on any atom is 0.320 e. The number of hydrogen-bond donors (Lipinski definition) is 12. The van der Waals surface area contributed by atoms with E-state index in [0.717, 1.165) is 16.9 Å². The van der Waals surface area contributed by atoms with Gasteiger partial charge in [0.15, 0.2) is 11.9 Å². The largest absolute Gasteiger partial charge is 0.497 e. The first-order chi connectivity index (χ1) is 36.8. The molecule has 1 aromatic heterocycles. The lowest BCUT2D eigenvalue weighted by molar-refractivity contribution is -0.147. The number of aliphatic hydroxyl groups is 1. The maximum absolute atomic E-state index is 14.2. The number of nitrogens with one attached hydrogen (secondary N) is 5. The number of aliphatic carboxylic acids is 1. The second-order valence-electron chi connectivity index (χ2n) is 18.9. The van der Waals surface area contributed by atoms with Crippen molar-refractivity contribution in [2.75, 3.05) is 59.5 Å². The van der Waals surface area contributed by atoms with Gasteiger partial charge in [0, 0.05) is 56.6 Å². The molecule has 8 atom stereocenters. The van der Waals surface area contributed by atoms with Gasteiger partial charge in [0.1, 0.15) is 42.0 Å². The summed E-state index contributed by atoms with van der Waals surface area (Å²) in [6.45, 7) is -0.245. The normalized spacial score (nSPS) is 19.3. The second-order valence-corrected chi connectivity index (χ2v) is 19.9. The molecule has 3 saturated heterocycles. The van der Waals surface area contributed by atoms with Crippen LogP contribution >= 0.6 is 11.3 Å². The van der Waals surface area contributed by atoms with E-state index in [9.17, 15) is 48.6 Å². The Balaban J connectivity index is 1.21. The van der Waals surface area contributed by atoms with E-state index in [2.05, 4.69) is 36.6 Å². The standard InChI is InChI=1S/C49H75N15O11S/c1-75-31-16-14-29(15-17-31)24-30(26-57-34(47(73)74)10-3-19-56-49(53)54)59-43(69)38-12-5-20-62(38)45(71)36(28-65)61-41(67)35(25-32-8-7-23-76-32)60-40(66)27-58-42(68)37-11-4-21-63(37)46(72)39-13-6-22-64(39)44(70)33(50)9-2-18-55-48(51)52/h7-8,14-17,23,30,33-39,57,65H,2-6,9-13,18-22,24-28,50H2,1H3,(H,58,68)(H,59,69)(H,60,66)(H,61,67)(H,73,74)(H4,51,52,55)(H4,53,54,56)/t30-,33-,34-,35-,36-,37-,38-,39-/m0/s1/i23T. The summed E-state index contributed by atoms with van der Waals surface area (Å²) in [5.74, 6) is -5.06. The minimum atomic E-state index is -1.55. The molecular weight excluding hydrogens is 1010 g/mol. The van der Waals surface area contributed by atoms with Crippen molar-refractivity contribution >= 4 is 70.6 Å². The lowest BCUT2D eigenvalue weighted by Crippen LogP contribution is -2.59. The smallest absolute Gasteiger partial charge is 0.320 e. The number of rotatable bonds is 29. The maximum atomic E-state index is 14.2. The van der Waals surface area contributed by atoms with Crippen LogP contribution in [0.3, 0.4) is 0 Å². The lowest BCUT2D eigenvalue weighted by Gasteiger charge is -2.32. The summed E-state index contributed by atoms with van der Waals surface area (Å²) >= 11 is 1.05. The van der Waals surface area contributed by atoms with Gasteiger partial charge in [0.2, 0.25) is 41.4 Å². The first-order valence-corrected chi connectivity index (χ1v) is 26.3. The predicted molar refractivity (Wildman–Crippen MR) is 282 cm³/mol. The molecule has 3 aliphatic rings. The highest BCUT2D eigenvalue weighted by molar-refractivity contribution is 7.09. The second kappa shape index (κ2) is 29.8. The van der Waals surface area contributed by atoms with Crippen molar-refractivity contribution in [3.05, 3.63) is 52.2 Å². The predicted octanol–water partition coefficient (Wildman–Crippen LogP) is -3.44. The zero-order chi connectivity index (χ0) is 56.2. The highest BCUT2D eigenvalue weighted by Crippen LogP contribution is 2.26. The van der Waals surface area contributed by atoms with Crippen molar-refractivity contribution in [2.45, 2.75) is 125 Å². The van der Waals surface area contributed by atoms with Crippen LogP contribution in [0.5, 0.6) is 5.75 Å². The van der Waals surface area contributed by atoms with E-state index in [4.69, 9.17) is 34.8 Å². The molecule has 76 heavy (non-hydrogen) atoms. The number of carbonyl (C=O) groups excluding carboxylic acids is 7. The number of ether oxygens (including phenoxy) is 1. The first-order valence-electron chi connectivity index (χ1n) is 26.0. The molecule has 2 aromatic rings. The Labute approximate surface area is 446 Å². The zero-order valence-corrected chi connectivity index (χ0v) is 43.6. The number of aliphatic hydroxyl groups excluding tert-OH is 1. The molecule has 4 heterocycles. The number of benzene rings is 1. The molecule has 7 amide bonds. The number of nitrogens with zero attached hydrogens (tertiary/aromatic N) is 5. The molecule has 0 aliphatic carbocycles. The summed E-state index contributed by atoms with van der Waals surface area (Å²) in [6.07, 6.45) is 3.86. The Bertz CT molecular complexity index is 2420. The molecule has 17 N–H and O–H groups in total. The monoisotopic (exact) mass is 1080 g/mol. The van der Waals surface area contributed by atoms with Crippen molar-refractivity contribution in [2.24, 2.45) is 38.7 Å². The van der Waals surface area contributed by atoms with Crippen molar-refractivity contribution in [3.63, 3.8) is 0 Å². The van der Waals surface area contributed by atoms with Gasteiger partial charge in [-0.15, -0.1) is 11.3 Å². The molecule has 3 fully saturated rings. The third-order valence-electron chi connectivity index (χ3n) is 13.4. The van der Waals surface area contributed by atoms with Crippen molar-refractivity contribution in [1.82, 2.24) is 41.3 Å². The molecule has 1 aromatic carbocycles. The average molecular weight is 1080 g/mol.